The van der Waals surface area contributed by atoms with E-state index in [-0.39, 0.29) is 18.6 Å². The van der Waals surface area contributed by atoms with E-state index in [1.165, 1.54) is 17.7 Å². The van der Waals surface area contributed by atoms with Crippen LogP contribution in [-0.4, -0.2) is 77.1 Å². The Morgan fingerprint density at radius 3 is 2.33 bits per heavy atom. The fourth-order valence-electron chi connectivity index (χ4n) is 2.75. The molecule has 1 saturated carbocycles. The number of hydrogen-bond donors (Lipinski definition) is 1. The van der Waals surface area contributed by atoms with Crippen LogP contribution in [-0.2, 0) is 4.79 Å². The molecular formula is C15H27N3O3. The molecule has 2 amide bonds. The highest BCUT2D eigenvalue weighted by molar-refractivity contribution is 5.80. The maximum atomic E-state index is 12.5. The molecule has 0 bridgehead atoms. The summed E-state index contributed by atoms with van der Waals surface area (Å²) < 4.78 is 0. The molecular weight excluding hydrogens is 270 g/mol. The van der Waals surface area contributed by atoms with Crippen molar-refractivity contribution in [1.82, 2.24) is 14.7 Å². The fourth-order valence-corrected chi connectivity index (χ4v) is 2.75. The number of hydrogen-bond acceptors (Lipinski definition) is 3. The van der Waals surface area contributed by atoms with E-state index in [1.807, 2.05) is 13.8 Å². The van der Waals surface area contributed by atoms with Crippen LogP contribution in [0.1, 0.15) is 33.1 Å². The van der Waals surface area contributed by atoms with E-state index in [2.05, 4.69) is 4.90 Å². The van der Waals surface area contributed by atoms with Crippen LogP contribution in [0.5, 0.6) is 0 Å². The molecule has 1 aliphatic carbocycles. The summed E-state index contributed by atoms with van der Waals surface area (Å²) in [5, 5.41) is 9.00. The molecule has 1 N–H and O–H groups in total. The summed E-state index contributed by atoms with van der Waals surface area (Å²) in [5.74, 6) is -0.0770. The average Bonchev–Trinajstić information content (AvgIpc) is 3.28. The van der Waals surface area contributed by atoms with Crippen molar-refractivity contribution in [2.45, 2.75) is 39.2 Å². The van der Waals surface area contributed by atoms with E-state index in [9.17, 15) is 9.59 Å². The highest BCUT2D eigenvalue weighted by Crippen LogP contribution is 2.30. The van der Waals surface area contributed by atoms with Crippen LogP contribution in [0.25, 0.3) is 0 Å². The molecule has 2 rings (SSSR count). The topological polar surface area (TPSA) is 64.1 Å². The second kappa shape index (κ2) is 7.11. The Bertz CT molecular complexity index is 376. The van der Waals surface area contributed by atoms with Gasteiger partial charge in [0.25, 0.3) is 0 Å². The lowest BCUT2D eigenvalue weighted by molar-refractivity contribution is -0.138. The summed E-state index contributed by atoms with van der Waals surface area (Å²) in [7, 11) is 0. The quantitative estimate of drug-likeness (QED) is 0.803. The lowest BCUT2D eigenvalue weighted by atomic mass is 10.2. The van der Waals surface area contributed by atoms with Gasteiger partial charge in [-0.25, -0.2) is 4.79 Å². The van der Waals surface area contributed by atoms with Gasteiger partial charge in [0.15, 0.2) is 0 Å². The van der Waals surface area contributed by atoms with Crippen molar-refractivity contribution in [3.63, 3.8) is 0 Å². The van der Waals surface area contributed by atoms with Gasteiger partial charge in [-0.05, 0) is 32.1 Å². The van der Waals surface area contributed by atoms with Crippen molar-refractivity contribution in [2.75, 3.05) is 39.3 Å². The van der Waals surface area contributed by atoms with Crippen LogP contribution in [0.4, 0.5) is 4.79 Å². The number of carboxylic acids is 1. The van der Waals surface area contributed by atoms with Crippen LogP contribution in [0.2, 0.25) is 0 Å². The van der Waals surface area contributed by atoms with Gasteiger partial charge in [-0.2, -0.15) is 0 Å². The van der Waals surface area contributed by atoms with Gasteiger partial charge < -0.3 is 14.9 Å². The summed E-state index contributed by atoms with van der Waals surface area (Å²) in [4.78, 5) is 29.2. The zero-order chi connectivity index (χ0) is 15.4. The first-order valence-electron chi connectivity index (χ1n) is 8.01. The van der Waals surface area contributed by atoms with E-state index < -0.39 is 5.97 Å². The zero-order valence-electron chi connectivity index (χ0n) is 13.1. The predicted octanol–water partition coefficient (Wildman–Crippen LogP) is 1.32. The molecule has 6 heteroatoms. The van der Waals surface area contributed by atoms with E-state index in [0.717, 1.165) is 32.0 Å². The molecule has 2 fully saturated rings. The van der Waals surface area contributed by atoms with Crippen molar-refractivity contribution in [3.8, 4) is 0 Å². The molecule has 0 aromatic carbocycles. The van der Waals surface area contributed by atoms with Gasteiger partial charge in [-0.1, -0.05) is 6.92 Å². The predicted molar refractivity (Wildman–Crippen MR) is 80.2 cm³/mol. The Balaban J connectivity index is 1.86. The van der Waals surface area contributed by atoms with Gasteiger partial charge in [0.05, 0.1) is 0 Å². The number of nitrogens with zero attached hydrogens (tertiary/aromatic N) is 3. The molecule has 0 radical (unpaired) electrons. The molecule has 1 aliphatic heterocycles. The van der Waals surface area contributed by atoms with Gasteiger partial charge in [0.1, 0.15) is 6.54 Å². The monoisotopic (exact) mass is 297 g/mol. The van der Waals surface area contributed by atoms with Crippen LogP contribution >= 0.6 is 0 Å². The van der Waals surface area contributed by atoms with Gasteiger partial charge in [0, 0.05) is 38.8 Å². The van der Waals surface area contributed by atoms with E-state index >= 15 is 0 Å². The Kier molecular flexibility index (Phi) is 5.45. The molecule has 1 unspecified atom stereocenters. The summed E-state index contributed by atoms with van der Waals surface area (Å²) in [6, 6.07) is -0.170. The molecule has 0 aromatic heterocycles. The first kappa shape index (κ1) is 16.1. The standard InChI is InChI=1S/C15H27N3O3/c1-3-12(2)18(11-14(19)20)15(21)17-8-6-16(7-9-17)10-13-4-5-13/h12-13H,3-11H2,1-2H3,(H,19,20). The lowest BCUT2D eigenvalue weighted by Crippen LogP contribution is -2.55. The number of urea groups is 1. The molecule has 0 spiro atoms. The summed E-state index contributed by atoms with van der Waals surface area (Å²) in [6.45, 7) is 8.05. The normalized spacial score (nSPS) is 21.1. The number of piperazine rings is 1. The SMILES string of the molecule is CCC(C)N(CC(=O)O)C(=O)N1CCN(CC2CC2)CC1. The van der Waals surface area contributed by atoms with E-state index in [0.29, 0.717) is 13.1 Å². The van der Waals surface area contributed by atoms with E-state index in [4.69, 9.17) is 5.11 Å². The molecule has 1 atom stereocenters. The third-order valence-corrected chi connectivity index (χ3v) is 4.53. The van der Waals surface area contributed by atoms with E-state index in [1.54, 1.807) is 4.90 Å². The second-order valence-corrected chi connectivity index (χ2v) is 6.29. The van der Waals surface area contributed by atoms with Gasteiger partial charge in [-0.3, -0.25) is 9.69 Å². The Morgan fingerprint density at radius 2 is 1.86 bits per heavy atom. The van der Waals surface area contributed by atoms with Gasteiger partial charge in [-0.15, -0.1) is 0 Å². The Labute approximate surface area is 126 Å². The highest BCUT2D eigenvalue weighted by atomic mass is 16.4. The lowest BCUT2D eigenvalue weighted by Gasteiger charge is -2.38. The Hall–Kier alpha value is -1.30. The first-order valence-corrected chi connectivity index (χ1v) is 8.01. The second-order valence-electron chi connectivity index (χ2n) is 6.29. The first-order chi connectivity index (χ1) is 10.0. The van der Waals surface area contributed by atoms with Crippen molar-refractivity contribution in [1.29, 1.82) is 0 Å². The maximum Gasteiger partial charge on any atom is 0.323 e. The molecule has 21 heavy (non-hydrogen) atoms. The minimum atomic E-state index is -0.948. The van der Waals surface area contributed by atoms with Crippen LogP contribution in [0.15, 0.2) is 0 Å². The molecule has 1 heterocycles. The molecule has 0 aromatic rings. The fraction of sp³-hybridized carbons (Fsp3) is 0.867. The highest BCUT2D eigenvalue weighted by Gasteiger charge is 2.31. The zero-order valence-corrected chi connectivity index (χ0v) is 13.1. The average molecular weight is 297 g/mol. The van der Waals surface area contributed by atoms with Crippen molar-refractivity contribution in [3.05, 3.63) is 0 Å². The third-order valence-electron chi connectivity index (χ3n) is 4.53. The van der Waals surface area contributed by atoms with Crippen LogP contribution in [0.3, 0.4) is 0 Å². The number of carbonyl (C=O) groups is 2. The summed E-state index contributed by atoms with van der Waals surface area (Å²) >= 11 is 0. The van der Waals surface area contributed by atoms with Crippen LogP contribution in [0, 0.1) is 5.92 Å². The minimum absolute atomic E-state index is 0.0434. The molecule has 2 aliphatic rings. The maximum absolute atomic E-state index is 12.5. The summed E-state index contributed by atoms with van der Waals surface area (Å²) in [6.07, 6.45) is 3.46. The largest absolute Gasteiger partial charge is 0.480 e. The number of aliphatic carboxylic acids is 1. The summed E-state index contributed by atoms with van der Waals surface area (Å²) in [5.41, 5.74) is 0. The minimum Gasteiger partial charge on any atom is -0.480 e. The number of carboxylic acid groups (broad SMARTS) is 1. The molecule has 120 valence electrons. The van der Waals surface area contributed by atoms with Crippen LogP contribution < -0.4 is 0 Å². The van der Waals surface area contributed by atoms with Crippen molar-refractivity contribution < 1.29 is 14.7 Å². The number of carbonyl (C=O) groups excluding carboxylic acids is 1. The van der Waals surface area contributed by atoms with Gasteiger partial charge in [0.2, 0.25) is 0 Å². The van der Waals surface area contributed by atoms with Gasteiger partial charge >= 0.3 is 12.0 Å². The molecule has 6 nitrogen and oxygen atoms in total. The molecule has 1 saturated heterocycles. The number of rotatable bonds is 6. The van der Waals surface area contributed by atoms with Crippen molar-refractivity contribution >= 4 is 12.0 Å². The number of amides is 2. The third kappa shape index (κ3) is 4.59. The van der Waals surface area contributed by atoms with Crippen molar-refractivity contribution in [2.24, 2.45) is 5.92 Å². The Morgan fingerprint density at radius 1 is 1.24 bits per heavy atom. The smallest absolute Gasteiger partial charge is 0.323 e.